The lowest BCUT2D eigenvalue weighted by Crippen LogP contribution is -2.30. The van der Waals surface area contributed by atoms with Crippen molar-refractivity contribution in [1.29, 1.82) is 0 Å². The highest BCUT2D eigenvalue weighted by molar-refractivity contribution is 6.04. The molecule has 9 nitrogen and oxygen atoms in total. The number of ether oxygens (including phenoxy) is 2. The maximum Gasteiger partial charge on any atom is 0.276 e. The highest BCUT2D eigenvalue weighted by Crippen LogP contribution is 2.30. The predicted octanol–water partition coefficient (Wildman–Crippen LogP) is 1.40. The number of H-pyrrole nitrogens is 1. The number of aromatic amines is 1. The average molecular weight is 422 g/mol. The number of nitrogens with zero attached hydrogens (tertiary/aromatic N) is 1. The minimum atomic E-state index is -0.302. The van der Waals surface area contributed by atoms with E-state index < -0.39 is 0 Å². The molecular weight excluding hydrogens is 398 g/mol. The molecule has 0 spiro atoms. The van der Waals surface area contributed by atoms with Gasteiger partial charge in [-0.15, -0.1) is 12.4 Å². The van der Waals surface area contributed by atoms with Gasteiger partial charge in [-0.05, 0) is 25.0 Å². The van der Waals surface area contributed by atoms with E-state index in [-0.39, 0.29) is 36.9 Å². The summed E-state index contributed by atoms with van der Waals surface area (Å²) in [6.45, 7) is 1.37. The third-order valence-electron chi connectivity index (χ3n) is 4.74. The molecule has 1 aromatic heterocycles. The van der Waals surface area contributed by atoms with Gasteiger partial charge >= 0.3 is 0 Å². The van der Waals surface area contributed by atoms with Crippen molar-refractivity contribution in [2.24, 2.45) is 0 Å². The third kappa shape index (κ3) is 4.99. The number of amides is 2. The van der Waals surface area contributed by atoms with Gasteiger partial charge in [0.1, 0.15) is 0 Å². The molecule has 1 aliphatic carbocycles. The molecular formula is C19H24ClN5O4. The fourth-order valence-corrected chi connectivity index (χ4v) is 3.11. The van der Waals surface area contributed by atoms with Gasteiger partial charge in [0, 0.05) is 48.6 Å². The second-order valence-corrected chi connectivity index (χ2v) is 6.91. The highest BCUT2D eigenvalue weighted by atomic mass is 35.5. The van der Waals surface area contributed by atoms with Crippen molar-refractivity contribution < 1.29 is 19.1 Å². The SMILES string of the molecule is COc1ccc(NC(=O)c2n[nH]c3c2CNCC3)cc1OCC(=O)NC1CC1.Cl. The lowest BCUT2D eigenvalue weighted by molar-refractivity contribution is -0.123. The molecule has 0 saturated heterocycles. The van der Waals surface area contributed by atoms with Crippen molar-refractivity contribution in [2.75, 3.05) is 25.6 Å². The molecule has 0 unspecified atom stereocenters. The van der Waals surface area contributed by atoms with Crippen LogP contribution in [0.15, 0.2) is 18.2 Å². The van der Waals surface area contributed by atoms with E-state index in [1.807, 2.05) is 0 Å². The van der Waals surface area contributed by atoms with E-state index in [0.29, 0.717) is 29.4 Å². The molecule has 0 radical (unpaired) electrons. The topological polar surface area (TPSA) is 117 Å². The number of methoxy groups -OCH3 is 1. The number of hydrogen-bond acceptors (Lipinski definition) is 6. The zero-order chi connectivity index (χ0) is 19.5. The summed E-state index contributed by atoms with van der Waals surface area (Å²) in [5.74, 6) is 0.397. The molecule has 1 aliphatic heterocycles. The number of halogens is 1. The lowest BCUT2D eigenvalue weighted by Gasteiger charge is -2.14. The number of hydrogen-bond donors (Lipinski definition) is 4. The summed E-state index contributed by atoms with van der Waals surface area (Å²) < 4.78 is 10.9. The normalized spacial score (nSPS) is 14.9. The molecule has 4 rings (SSSR count). The average Bonchev–Trinajstić information content (AvgIpc) is 3.41. The zero-order valence-corrected chi connectivity index (χ0v) is 16.9. The van der Waals surface area contributed by atoms with E-state index >= 15 is 0 Å². The molecule has 2 aromatic rings. The molecule has 0 bridgehead atoms. The van der Waals surface area contributed by atoms with Gasteiger partial charge < -0.3 is 25.4 Å². The van der Waals surface area contributed by atoms with Crippen molar-refractivity contribution in [3.63, 3.8) is 0 Å². The summed E-state index contributed by atoms with van der Waals surface area (Å²) in [6.07, 6.45) is 2.85. The van der Waals surface area contributed by atoms with E-state index in [2.05, 4.69) is 26.1 Å². The Morgan fingerprint density at radius 1 is 1.28 bits per heavy atom. The van der Waals surface area contributed by atoms with Gasteiger partial charge in [0.15, 0.2) is 23.8 Å². The zero-order valence-electron chi connectivity index (χ0n) is 16.0. The molecule has 2 amide bonds. The maximum absolute atomic E-state index is 12.6. The van der Waals surface area contributed by atoms with Crippen molar-refractivity contribution in [2.45, 2.75) is 31.8 Å². The van der Waals surface area contributed by atoms with E-state index in [1.165, 1.54) is 7.11 Å². The third-order valence-corrected chi connectivity index (χ3v) is 4.74. The summed E-state index contributed by atoms with van der Waals surface area (Å²) in [5.41, 5.74) is 2.79. The second-order valence-electron chi connectivity index (χ2n) is 6.91. The summed E-state index contributed by atoms with van der Waals surface area (Å²) in [4.78, 5) is 24.5. The smallest absolute Gasteiger partial charge is 0.276 e. The van der Waals surface area contributed by atoms with Crippen LogP contribution in [-0.4, -0.2) is 48.3 Å². The number of aromatic nitrogens is 2. The minimum absolute atomic E-state index is 0. The van der Waals surface area contributed by atoms with Gasteiger partial charge in [-0.1, -0.05) is 0 Å². The van der Waals surface area contributed by atoms with Crippen LogP contribution in [0.5, 0.6) is 11.5 Å². The molecule has 1 aromatic carbocycles. The molecule has 2 heterocycles. The Kier molecular flexibility index (Phi) is 6.60. The van der Waals surface area contributed by atoms with E-state index in [4.69, 9.17) is 9.47 Å². The van der Waals surface area contributed by atoms with Crippen LogP contribution in [0.3, 0.4) is 0 Å². The molecule has 156 valence electrons. The van der Waals surface area contributed by atoms with Crippen LogP contribution in [0, 0.1) is 0 Å². The van der Waals surface area contributed by atoms with Gasteiger partial charge in [-0.2, -0.15) is 5.10 Å². The molecule has 4 N–H and O–H groups in total. The van der Waals surface area contributed by atoms with Crippen LogP contribution < -0.4 is 25.4 Å². The number of rotatable bonds is 7. The van der Waals surface area contributed by atoms with Gasteiger partial charge in [0.2, 0.25) is 0 Å². The number of carbonyl (C=O) groups excluding carboxylic acids is 2. The number of benzene rings is 1. The molecule has 0 atom stereocenters. The molecule has 2 aliphatic rings. The number of nitrogens with one attached hydrogen (secondary N) is 4. The van der Waals surface area contributed by atoms with Crippen LogP contribution in [0.2, 0.25) is 0 Å². The Labute approximate surface area is 174 Å². The van der Waals surface area contributed by atoms with Gasteiger partial charge in [-0.3, -0.25) is 14.7 Å². The van der Waals surface area contributed by atoms with Gasteiger partial charge in [0.25, 0.3) is 11.8 Å². The molecule has 1 fully saturated rings. The number of fused-ring (bicyclic) bond motifs is 1. The summed E-state index contributed by atoms with van der Waals surface area (Å²) >= 11 is 0. The first kappa shape index (κ1) is 20.9. The van der Waals surface area contributed by atoms with Gasteiger partial charge in [0.05, 0.1) is 7.11 Å². The summed E-state index contributed by atoms with van der Waals surface area (Å²) in [5, 5.41) is 16.0. The monoisotopic (exact) mass is 421 g/mol. The molecule has 10 heteroatoms. The molecule has 29 heavy (non-hydrogen) atoms. The van der Waals surface area contributed by atoms with Crippen LogP contribution in [-0.2, 0) is 17.8 Å². The Bertz CT molecular complexity index is 897. The Hall–Kier alpha value is -2.78. The van der Waals surface area contributed by atoms with Crippen molar-refractivity contribution in [3.05, 3.63) is 35.2 Å². The van der Waals surface area contributed by atoms with Crippen LogP contribution in [0.1, 0.15) is 34.6 Å². The van der Waals surface area contributed by atoms with Crippen molar-refractivity contribution >= 4 is 29.9 Å². The van der Waals surface area contributed by atoms with Crippen molar-refractivity contribution in [3.8, 4) is 11.5 Å². The van der Waals surface area contributed by atoms with E-state index in [9.17, 15) is 9.59 Å². The first-order valence-corrected chi connectivity index (χ1v) is 9.32. The number of carbonyl (C=O) groups is 2. The number of anilines is 1. The lowest BCUT2D eigenvalue weighted by atomic mass is 10.1. The highest BCUT2D eigenvalue weighted by Gasteiger charge is 2.24. The summed E-state index contributed by atoms with van der Waals surface area (Å²) in [6, 6.07) is 5.31. The van der Waals surface area contributed by atoms with Crippen LogP contribution >= 0.6 is 12.4 Å². The van der Waals surface area contributed by atoms with E-state index in [1.54, 1.807) is 18.2 Å². The van der Waals surface area contributed by atoms with Crippen LogP contribution in [0.4, 0.5) is 5.69 Å². The first-order valence-electron chi connectivity index (χ1n) is 9.32. The second kappa shape index (κ2) is 9.15. The Morgan fingerprint density at radius 3 is 2.86 bits per heavy atom. The summed E-state index contributed by atoms with van der Waals surface area (Å²) in [7, 11) is 1.52. The molecule has 1 saturated carbocycles. The van der Waals surface area contributed by atoms with E-state index in [0.717, 1.165) is 37.1 Å². The quantitative estimate of drug-likeness (QED) is 0.536. The van der Waals surface area contributed by atoms with Gasteiger partial charge in [-0.25, -0.2) is 0 Å². The fraction of sp³-hybridized carbons (Fsp3) is 0.421. The standard InChI is InChI=1S/C19H23N5O4.ClH/c1-27-15-5-4-12(8-16(15)28-10-17(25)21-11-2-3-11)22-19(26)18-13-9-20-7-6-14(13)23-24-18;/h4-5,8,11,20H,2-3,6-7,9-10H2,1H3,(H,21,25)(H,22,26)(H,23,24);1H. The Balaban J connectivity index is 0.00000240. The predicted molar refractivity (Wildman–Crippen MR) is 109 cm³/mol. The largest absolute Gasteiger partial charge is 0.493 e. The van der Waals surface area contributed by atoms with Crippen LogP contribution in [0.25, 0.3) is 0 Å². The maximum atomic E-state index is 12.6. The minimum Gasteiger partial charge on any atom is -0.493 e. The first-order chi connectivity index (χ1) is 13.6. The fourth-order valence-electron chi connectivity index (χ4n) is 3.11. The van der Waals surface area contributed by atoms with Crippen molar-refractivity contribution in [1.82, 2.24) is 20.8 Å². The Morgan fingerprint density at radius 2 is 2.10 bits per heavy atom.